The van der Waals surface area contributed by atoms with Crippen LogP contribution in [0.4, 0.5) is 0 Å². The number of nitrogens with zero attached hydrogens (tertiary/aromatic N) is 1. The molecule has 0 fully saturated rings. The first-order chi connectivity index (χ1) is 11.6. The first-order valence-corrected chi connectivity index (χ1v) is 10.5. The predicted molar refractivity (Wildman–Crippen MR) is 104 cm³/mol. The number of nitrogens with one attached hydrogen (secondary N) is 1. The Hall–Kier alpha value is -0.750. The van der Waals surface area contributed by atoms with E-state index in [0.29, 0.717) is 16.5 Å². The van der Waals surface area contributed by atoms with Gasteiger partial charge in [0.25, 0.3) is 0 Å². The fraction of sp³-hybridized carbons (Fsp3) is 0.412. The van der Waals surface area contributed by atoms with Crippen molar-refractivity contribution in [3.05, 3.63) is 44.9 Å². The second-order valence-electron chi connectivity index (χ2n) is 5.36. The van der Waals surface area contributed by atoms with Crippen molar-refractivity contribution in [1.82, 2.24) is 10.3 Å². The molecule has 0 bridgehead atoms. The van der Waals surface area contributed by atoms with E-state index in [9.17, 15) is 4.79 Å². The van der Waals surface area contributed by atoms with E-state index in [1.807, 2.05) is 17.5 Å². The Labute approximate surface area is 161 Å². The van der Waals surface area contributed by atoms with Crippen LogP contribution in [0.15, 0.2) is 27.9 Å². The van der Waals surface area contributed by atoms with Gasteiger partial charge >= 0.3 is 0 Å². The number of amides is 1. The molecule has 1 amide bonds. The van der Waals surface area contributed by atoms with Crippen LogP contribution in [0, 0.1) is 0 Å². The second kappa shape index (κ2) is 10.3. The Morgan fingerprint density at radius 3 is 2.92 bits per heavy atom. The van der Waals surface area contributed by atoms with E-state index < -0.39 is 0 Å². The molecule has 1 aromatic carbocycles. The summed E-state index contributed by atoms with van der Waals surface area (Å²) in [6.07, 6.45) is 3.67. The molecular weight excluding hydrogens is 383 g/mol. The van der Waals surface area contributed by atoms with Crippen molar-refractivity contribution in [2.75, 3.05) is 6.54 Å². The maximum Gasteiger partial charge on any atom is 0.226 e. The lowest BCUT2D eigenvalue weighted by Gasteiger charge is -2.03. The van der Waals surface area contributed by atoms with Crippen molar-refractivity contribution in [3.63, 3.8) is 0 Å². The van der Waals surface area contributed by atoms with Crippen LogP contribution >= 0.6 is 46.3 Å². The summed E-state index contributed by atoms with van der Waals surface area (Å²) in [5.74, 6) is 0.764. The Morgan fingerprint density at radius 1 is 1.33 bits per heavy atom. The zero-order valence-corrected chi connectivity index (χ0v) is 16.6. The summed E-state index contributed by atoms with van der Waals surface area (Å²) in [6, 6.07) is 5.50. The molecule has 7 heteroatoms. The molecule has 24 heavy (non-hydrogen) atoms. The van der Waals surface area contributed by atoms with E-state index in [1.54, 1.807) is 29.2 Å². The SMILES string of the molecule is CCCCCNC(=O)Cc1csc(SCc2ccc(Cl)cc2Cl)n1. The molecule has 0 aliphatic heterocycles. The molecule has 2 rings (SSSR count). The minimum Gasteiger partial charge on any atom is -0.356 e. The number of thioether (sulfide) groups is 1. The molecular formula is C17H20Cl2N2OS2. The number of hydrogen-bond donors (Lipinski definition) is 1. The minimum atomic E-state index is 0.0358. The van der Waals surface area contributed by atoms with Crippen LogP contribution in [0.3, 0.4) is 0 Å². The van der Waals surface area contributed by atoms with Crippen molar-refractivity contribution in [2.45, 2.75) is 42.7 Å². The molecule has 1 N–H and O–H groups in total. The summed E-state index contributed by atoms with van der Waals surface area (Å²) < 4.78 is 0.940. The van der Waals surface area contributed by atoms with Gasteiger partial charge in [-0.1, -0.05) is 60.8 Å². The minimum absolute atomic E-state index is 0.0358. The van der Waals surface area contributed by atoms with E-state index >= 15 is 0 Å². The van der Waals surface area contributed by atoms with Crippen LogP contribution in [-0.2, 0) is 17.0 Å². The zero-order chi connectivity index (χ0) is 17.4. The normalized spacial score (nSPS) is 10.8. The standard InChI is InChI=1S/C17H20Cl2N2OS2/c1-2-3-4-7-20-16(22)9-14-11-24-17(21-14)23-10-12-5-6-13(18)8-15(12)19/h5-6,8,11H,2-4,7,9-10H2,1H3,(H,20,22). The number of thiazole rings is 1. The maximum absolute atomic E-state index is 11.9. The third-order valence-corrected chi connectivity index (χ3v) is 6.05. The molecule has 0 unspecified atom stereocenters. The topological polar surface area (TPSA) is 42.0 Å². The first kappa shape index (κ1) is 19.6. The summed E-state index contributed by atoms with van der Waals surface area (Å²) in [7, 11) is 0. The fourth-order valence-electron chi connectivity index (χ4n) is 2.04. The van der Waals surface area contributed by atoms with E-state index in [4.69, 9.17) is 23.2 Å². The van der Waals surface area contributed by atoms with Crippen LogP contribution in [0.25, 0.3) is 0 Å². The van der Waals surface area contributed by atoms with Gasteiger partial charge in [-0.05, 0) is 24.1 Å². The van der Waals surface area contributed by atoms with Gasteiger partial charge in [-0.3, -0.25) is 4.79 Å². The smallest absolute Gasteiger partial charge is 0.226 e. The van der Waals surface area contributed by atoms with Crippen molar-refractivity contribution in [3.8, 4) is 0 Å². The van der Waals surface area contributed by atoms with Crippen molar-refractivity contribution in [2.24, 2.45) is 0 Å². The van der Waals surface area contributed by atoms with Crippen molar-refractivity contribution in [1.29, 1.82) is 0 Å². The van der Waals surface area contributed by atoms with Gasteiger partial charge in [0, 0.05) is 27.7 Å². The van der Waals surface area contributed by atoms with E-state index in [0.717, 1.165) is 47.2 Å². The van der Waals surface area contributed by atoms with E-state index in [-0.39, 0.29) is 5.91 Å². The number of halogens is 2. The largest absolute Gasteiger partial charge is 0.356 e. The summed E-state index contributed by atoms with van der Waals surface area (Å²) in [6.45, 7) is 2.89. The molecule has 0 aliphatic carbocycles. The molecule has 3 nitrogen and oxygen atoms in total. The number of benzene rings is 1. The summed E-state index contributed by atoms with van der Waals surface area (Å²) in [4.78, 5) is 16.4. The Kier molecular flexibility index (Phi) is 8.39. The van der Waals surface area contributed by atoms with Crippen LogP contribution in [0.2, 0.25) is 10.0 Å². The average Bonchev–Trinajstić information content (AvgIpc) is 2.98. The van der Waals surface area contributed by atoms with Gasteiger partial charge < -0.3 is 5.32 Å². The van der Waals surface area contributed by atoms with Crippen molar-refractivity contribution >= 4 is 52.2 Å². The highest BCUT2D eigenvalue weighted by Gasteiger charge is 2.09. The molecule has 0 radical (unpaired) electrons. The predicted octanol–water partition coefficient (Wildman–Crippen LogP) is 5.59. The summed E-state index contributed by atoms with van der Waals surface area (Å²) >= 11 is 15.2. The summed E-state index contributed by atoms with van der Waals surface area (Å²) in [5.41, 5.74) is 1.84. The molecule has 0 saturated heterocycles. The molecule has 0 spiro atoms. The summed E-state index contributed by atoms with van der Waals surface area (Å²) in [5, 5.41) is 6.18. The highest BCUT2D eigenvalue weighted by atomic mass is 35.5. The Bertz CT molecular complexity index is 676. The number of carbonyl (C=O) groups excluding carboxylic acids is 1. The van der Waals surface area contributed by atoms with Gasteiger partial charge in [-0.25, -0.2) is 4.98 Å². The van der Waals surface area contributed by atoms with Crippen molar-refractivity contribution < 1.29 is 4.79 Å². The fourth-order valence-corrected chi connectivity index (χ4v) is 4.45. The molecule has 2 aromatic rings. The molecule has 0 atom stereocenters. The second-order valence-corrected chi connectivity index (χ2v) is 8.29. The van der Waals surface area contributed by atoms with E-state index in [1.165, 1.54) is 0 Å². The number of aromatic nitrogens is 1. The Morgan fingerprint density at radius 2 is 2.17 bits per heavy atom. The Balaban J connectivity index is 1.79. The average molecular weight is 403 g/mol. The lowest BCUT2D eigenvalue weighted by molar-refractivity contribution is -0.120. The van der Waals surface area contributed by atoms with E-state index in [2.05, 4.69) is 17.2 Å². The van der Waals surface area contributed by atoms with Crippen LogP contribution in [-0.4, -0.2) is 17.4 Å². The van der Waals surface area contributed by atoms with Crippen LogP contribution in [0.5, 0.6) is 0 Å². The molecule has 130 valence electrons. The number of hydrogen-bond acceptors (Lipinski definition) is 4. The first-order valence-electron chi connectivity index (χ1n) is 7.86. The number of rotatable bonds is 9. The quantitative estimate of drug-likeness (QED) is 0.438. The van der Waals surface area contributed by atoms with Gasteiger partial charge in [0.1, 0.15) is 4.34 Å². The van der Waals surface area contributed by atoms with Gasteiger partial charge in [0.2, 0.25) is 5.91 Å². The van der Waals surface area contributed by atoms with Gasteiger partial charge in [0.15, 0.2) is 0 Å². The highest BCUT2D eigenvalue weighted by Crippen LogP contribution is 2.30. The molecule has 1 aromatic heterocycles. The third-order valence-electron chi connectivity index (χ3n) is 3.34. The lowest BCUT2D eigenvalue weighted by atomic mass is 10.2. The molecule has 1 heterocycles. The number of carbonyl (C=O) groups is 1. The maximum atomic E-state index is 11.9. The zero-order valence-electron chi connectivity index (χ0n) is 13.5. The molecule has 0 saturated carbocycles. The highest BCUT2D eigenvalue weighted by molar-refractivity contribution is 8.00. The monoisotopic (exact) mass is 402 g/mol. The lowest BCUT2D eigenvalue weighted by Crippen LogP contribution is -2.26. The number of unbranched alkanes of at least 4 members (excludes halogenated alkanes) is 2. The third kappa shape index (κ3) is 6.63. The van der Waals surface area contributed by atoms with Crippen LogP contribution in [0.1, 0.15) is 37.4 Å². The molecule has 0 aliphatic rings. The van der Waals surface area contributed by atoms with Gasteiger partial charge in [-0.2, -0.15) is 0 Å². The van der Waals surface area contributed by atoms with Gasteiger partial charge in [-0.15, -0.1) is 11.3 Å². The van der Waals surface area contributed by atoms with Crippen LogP contribution < -0.4 is 5.32 Å². The van der Waals surface area contributed by atoms with Gasteiger partial charge in [0.05, 0.1) is 12.1 Å².